The molecule has 1 aromatic heterocycles. The maximum Gasteiger partial charge on any atom is 0.325 e. The highest BCUT2D eigenvalue weighted by molar-refractivity contribution is 5.57. The molecule has 0 aliphatic heterocycles. The molecule has 0 aromatic carbocycles. The second-order valence-electron chi connectivity index (χ2n) is 3.49. The van der Waals surface area contributed by atoms with Crippen molar-refractivity contribution in [2.24, 2.45) is 4.99 Å². The fourth-order valence-corrected chi connectivity index (χ4v) is 1.13. The van der Waals surface area contributed by atoms with Crippen molar-refractivity contribution in [3.8, 4) is 0 Å². The Bertz CT molecular complexity index is 354. The van der Waals surface area contributed by atoms with E-state index in [1.807, 2.05) is 62.7 Å². The van der Waals surface area contributed by atoms with Gasteiger partial charge in [-0.05, 0) is 24.1 Å². The van der Waals surface area contributed by atoms with Crippen LogP contribution in [0.5, 0.6) is 0 Å². The zero-order valence-electron chi connectivity index (χ0n) is 9.59. The minimum Gasteiger partial charge on any atom is -0.348 e. The Balaban J connectivity index is 2.85. The van der Waals surface area contributed by atoms with Crippen LogP contribution in [0, 0.1) is 0 Å². The molecule has 0 spiro atoms. The molecular weight excluding hydrogens is 186 g/mol. The molecule has 15 heavy (non-hydrogen) atoms. The summed E-state index contributed by atoms with van der Waals surface area (Å²) >= 11 is 0. The van der Waals surface area contributed by atoms with Crippen LogP contribution >= 0.6 is 0 Å². The smallest absolute Gasteiger partial charge is 0.325 e. The monoisotopic (exact) mass is 204 g/mol. The molecule has 0 saturated heterocycles. The molecule has 0 atom stereocenters. The van der Waals surface area contributed by atoms with E-state index in [1.165, 1.54) is 0 Å². The Labute approximate surface area is 91.4 Å². The second-order valence-corrected chi connectivity index (χ2v) is 3.49. The molecular formula is C12H18N3+. The van der Waals surface area contributed by atoms with Crippen LogP contribution in [-0.4, -0.2) is 25.3 Å². The number of pyridine rings is 1. The van der Waals surface area contributed by atoms with Gasteiger partial charge in [0.2, 0.25) is 6.34 Å². The van der Waals surface area contributed by atoms with Crippen LogP contribution in [-0.2, 0) is 6.54 Å². The summed E-state index contributed by atoms with van der Waals surface area (Å²) in [5.74, 6) is 0.962. The molecule has 0 fully saturated rings. The highest BCUT2D eigenvalue weighted by Crippen LogP contribution is 2.02. The van der Waals surface area contributed by atoms with Gasteiger partial charge in [0.15, 0.2) is 0 Å². The van der Waals surface area contributed by atoms with Crippen LogP contribution < -0.4 is 4.57 Å². The first-order valence-electron chi connectivity index (χ1n) is 5.04. The van der Waals surface area contributed by atoms with Crippen molar-refractivity contribution >= 4 is 12.2 Å². The van der Waals surface area contributed by atoms with E-state index in [2.05, 4.69) is 15.6 Å². The summed E-state index contributed by atoms with van der Waals surface area (Å²) in [4.78, 5) is 6.31. The van der Waals surface area contributed by atoms with E-state index in [0.29, 0.717) is 0 Å². The summed E-state index contributed by atoms with van der Waals surface area (Å²) in [7, 11) is 3.92. The van der Waals surface area contributed by atoms with E-state index in [9.17, 15) is 0 Å². The molecule has 1 heterocycles. The van der Waals surface area contributed by atoms with Crippen LogP contribution in [0.2, 0.25) is 0 Å². The van der Waals surface area contributed by atoms with E-state index < -0.39 is 0 Å². The van der Waals surface area contributed by atoms with Gasteiger partial charge in [-0.25, -0.2) is 4.57 Å². The van der Waals surface area contributed by atoms with Crippen molar-refractivity contribution in [3.63, 3.8) is 0 Å². The fraction of sp³-hybridized carbons (Fsp3) is 0.333. The first-order valence-corrected chi connectivity index (χ1v) is 5.04. The van der Waals surface area contributed by atoms with Gasteiger partial charge in [0, 0.05) is 20.2 Å². The van der Waals surface area contributed by atoms with Crippen molar-refractivity contribution in [2.45, 2.75) is 13.5 Å². The van der Waals surface area contributed by atoms with Gasteiger partial charge in [0.1, 0.15) is 6.54 Å². The molecule has 1 rings (SSSR count). The Morgan fingerprint density at radius 1 is 1.40 bits per heavy atom. The zero-order chi connectivity index (χ0) is 11.1. The highest BCUT2D eigenvalue weighted by Gasteiger charge is 2.04. The Morgan fingerprint density at radius 3 is 2.87 bits per heavy atom. The molecule has 0 N–H and O–H groups in total. The molecule has 80 valence electrons. The Hall–Kier alpha value is -1.64. The van der Waals surface area contributed by atoms with E-state index in [4.69, 9.17) is 0 Å². The number of aromatic nitrogens is 1. The number of hydrogen-bond donors (Lipinski definition) is 0. The lowest BCUT2D eigenvalue weighted by Gasteiger charge is -1.99. The summed E-state index contributed by atoms with van der Waals surface area (Å²) in [5.41, 5.74) is 0. The van der Waals surface area contributed by atoms with E-state index in [-0.39, 0.29) is 0 Å². The summed E-state index contributed by atoms with van der Waals surface area (Å²) in [6.07, 6.45) is 7.98. The Kier molecular flexibility index (Phi) is 4.54. The summed E-state index contributed by atoms with van der Waals surface area (Å²) in [6.45, 7) is 2.88. The second kappa shape index (κ2) is 5.96. The fourth-order valence-electron chi connectivity index (χ4n) is 1.13. The summed E-state index contributed by atoms with van der Waals surface area (Å²) < 4.78 is 2.10. The van der Waals surface area contributed by atoms with Gasteiger partial charge in [0.05, 0.1) is 6.20 Å². The zero-order valence-corrected chi connectivity index (χ0v) is 9.59. The highest BCUT2D eigenvalue weighted by atomic mass is 15.1. The number of allylic oxidation sites excluding steroid dienone is 2. The minimum absolute atomic E-state index is 0.859. The molecule has 0 unspecified atom stereocenters. The lowest BCUT2D eigenvalue weighted by atomic mass is 10.4. The van der Waals surface area contributed by atoms with Crippen LogP contribution in [0.15, 0.2) is 41.5 Å². The lowest BCUT2D eigenvalue weighted by molar-refractivity contribution is -0.674. The van der Waals surface area contributed by atoms with Gasteiger partial charge < -0.3 is 4.90 Å². The largest absolute Gasteiger partial charge is 0.348 e. The molecule has 0 radical (unpaired) electrons. The van der Waals surface area contributed by atoms with Crippen LogP contribution in [0.25, 0.3) is 0 Å². The van der Waals surface area contributed by atoms with E-state index >= 15 is 0 Å². The van der Waals surface area contributed by atoms with Gasteiger partial charge in [-0.2, -0.15) is 0 Å². The van der Waals surface area contributed by atoms with Crippen LogP contribution in [0.1, 0.15) is 6.92 Å². The first-order chi connectivity index (χ1) is 7.24. The third kappa shape index (κ3) is 3.94. The number of hydrogen-bond acceptors (Lipinski definition) is 1. The SMILES string of the molecule is C/C=C/C[n+]1ccccc1/N=C/N(C)C. The van der Waals surface area contributed by atoms with Gasteiger partial charge in [-0.3, -0.25) is 0 Å². The van der Waals surface area contributed by atoms with Gasteiger partial charge in [-0.15, -0.1) is 0 Å². The number of aliphatic imine (C=N–C) groups is 1. The predicted octanol–water partition coefficient (Wildman–Crippen LogP) is 1.77. The molecule has 3 nitrogen and oxygen atoms in total. The molecule has 3 heteroatoms. The minimum atomic E-state index is 0.859. The lowest BCUT2D eigenvalue weighted by Crippen LogP contribution is -2.32. The molecule has 0 saturated carbocycles. The molecule has 0 aliphatic carbocycles. The summed E-state index contributed by atoms with van der Waals surface area (Å²) in [5, 5.41) is 0. The quantitative estimate of drug-likeness (QED) is 0.317. The number of nitrogens with zero attached hydrogens (tertiary/aromatic N) is 3. The predicted molar refractivity (Wildman–Crippen MR) is 63.3 cm³/mol. The molecule has 0 amide bonds. The van der Waals surface area contributed by atoms with Crippen molar-refractivity contribution in [3.05, 3.63) is 36.5 Å². The van der Waals surface area contributed by atoms with Crippen molar-refractivity contribution in [2.75, 3.05) is 14.1 Å². The average molecular weight is 204 g/mol. The third-order valence-corrected chi connectivity index (χ3v) is 1.88. The van der Waals surface area contributed by atoms with E-state index in [1.54, 1.807) is 0 Å². The average Bonchev–Trinajstić information content (AvgIpc) is 2.24. The Morgan fingerprint density at radius 2 is 2.20 bits per heavy atom. The van der Waals surface area contributed by atoms with Crippen molar-refractivity contribution < 1.29 is 4.57 Å². The molecule has 0 bridgehead atoms. The van der Waals surface area contributed by atoms with Crippen molar-refractivity contribution in [1.82, 2.24) is 4.90 Å². The van der Waals surface area contributed by atoms with Gasteiger partial charge >= 0.3 is 5.82 Å². The normalized spacial score (nSPS) is 11.4. The van der Waals surface area contributed by atoms with Crippen LogP contribution in [0.4, 0.5) is 5.82 Å². The van der Waals surface area contributed by atoms with Gasteiger partial charge in [0.25, 0.3) is 0 Å². The molecule has 1 aromatic rings. The van der Waals surface area contributed by atoms with E-state index in [0.717, 1.165) is 12.4 Å². The maximum atomic E-state index is 4.39. The van der Waals surface area contributed by atoms with Crippen LogP contribution in [0.3, 0.4) is 0 Å². The standard InChI is InChI=1S/C12H18N3/c1-4-5-9-15-10-7-6-8-12(15)13-11-14(2)3/h4-8,10-11H,9H2,1-3H3/q+1/b5-4+. The first kappa shape index (κ1) is 11.4. The third-order valence-electron chi connectivity index (χ3n) is 1.88. The number of rotatable bonds is 4. The summed E-state index contributed by atoms with van der Waals surface area (Å²) in [6, 6.07) is 6.01. The maximum absolute atomic E-state index is 4.39. The topological polar surface area (TPSA) is 19.5 Å². The van der Waals surface area contributed by atoms with Crippen molar-refractivity contribution in [1.29, 1.82) is 0 Å². The molecule has 0 aliphatic rings. The van der Waals surface area contributed by atoms with Gasteiger partial charge in [-0.1, -0.05) is 12.1 Å².